The van der Waals surface area contributed by atoms with Gasteiger partial charge in [-0.2, -0.15) is 0 Å². The van der Waals surface area contributed by atoms with E-state index < -0.39 is 0 Å². The van der Waals surface area contributed by atoms with Gasteiger partial charge in [0.1, 0.15) is 11.6 Å². The van der Waals surface area contributed by atoms with Gasteiger partial charge in [-0.05, 0) is 28.1 Å². The number of hydrogen-bond acceptors (Lipinski definition) is 4. The van der Waals surface area contributed by atoms with Crippen LogP contribution in [0.15, 0.2) is 35.2 Å². The van der Waals surface area contributed by atoms with Crippen molar-refractivity contribution in [2.75, 3.05) is 0 Å². The zero-order valence-corrected chi connectivity index (χ0v) is 10.1. The van der Waals surface area contributed by atoms with Gasteiger partial charge in [0.05, 0.1) is 11.7 Å². The molecular formula is C11H7BrN4O. The zero-order chi connectivity index (χ0) is 11.8. The van der Waals surface area contributed by atoms with Crippen molar-refractivity contribution in [2.45, 2.75) is 0 Å². The average molecular weight is 291 g/mol. The minimum absolute atomic E-state index is 0.108. The number of nitrogens with zero attached hydrogens (tertiary/aromatic N) is 3. The molecule has 0 aliphatic rings. The smallest absolute Gasteiger partial charge is 0.178 e. The summed E-state index contributed by atoms with van der Waals surface area (Å²) in [5.74, 6) is 0.742. The molecule has 0 atom stereocenters. The summed E-state index contributed by atoms with van der Waals surface area (Å²) in [6.45, 7) is 0. The number of rotatable bonds is 1. The Morgan fingerprint density at radius 2 is 2.06 bits per heavy atom. The highest BCUT2D eigenvalue weighted by Gasteiger charge is 2.07. The van der Waals surface area contributed by atoms with Crippen LogP contribution in [-0.2, 0) is 0 Å². The highest BCUT2D eigenvalue weighted by molar-refractivity contribution is 9.10. The third kappa shape index (κ3) is 1.87. The highest BCUT2D eigenvalue weighted by Crippen LogP contribution is 2.22. The maximum absolute atomic E-state index is 9.37. The van der Waals surface area contributed by atoms with Gasteiger partial charge in [0.25, 0.3) is 0 Å². The van der Waals surface area contributed by atoms with E-state index in [-0.39, 0.29) is 5.75 Å². The SMILES string of the molecule is Oc1cncc(-c2nc3ncc(Br)cc3[nH]2)c1. The lowest BCUT2D eigenvalue weighted by Crippen LogP contribution is -1.81. The van der Waals surface area contributed by atoms with E-state index >= 15 is 0 Å². The summed E-state index contributed by atoms with van der Waals surface area (Å²) < 4.78 is 0.884. The predicted molar refractivity (Wildman–Crippen MR) is 66.5 cm³/mol. The first-order chi connectivity index (χ1) is 8.22. The highest BCUT2D eigenvalue weighted by atomic mass is 79.9. The van der Waals surface area contributed by atoms with Crippen LogP contribution in [0.3, 0.4) is 0 Å². The minimum Gasteiger partial charge on any atom is -0.506 e. The molecule has 3 heterocycles. The second-order valence-corrected chi connectivity index (χ2v) is 4.46. The van der Waals surface area contributed by atoms with Crippen LogP contribution in [0, 0.1) is 0 Å². The number of fused-ring (bicyclic) bond motifs is 1. The summed E-state index contributed by atoms with van der Waals surface area (Å²) in [6, 6.07) is 3.49. The van der Waals surface area contributed by atoms with Gasteiger partial charge in [-0.3, -0.25) is 4.98 Å². The molecule has 0 aliphatic carbocycles. The van der Waals surface area contributed by atoms with E-state index in [0.717, 1.165) is 15.6 Å². The predicted octanol–water partition coefficient (Wildman–Crippen LogP) is 2.49. The van der Waals surface area contributed by atoms with E-state index in [0.29, 0.717) is 11.5 Å². The number of halogens is 1. The molecule has 3 aromatic heterocycles. The fraction of sp³-hybridized carbons (Fsp3) is 0. The number of H-pyrrole nitrogens is 1. The van der Waals surface area contributed by atoms with Crippen molar-refractivity contribution in [3.8, 4) is 17.1 Å². The standard InChI is InChI=1S/C11H7BrN4O/c12-7-2-9-11(14-4-7)16-10(15-9)6-1-8(17)5-13-3-6/h1-5,17H,(H,14,15,16). The Morgan fingerprint density at radius 3 is 2.88 bits per heavy atom. The average Bonchev–Trinajstić information content (AvgIpc) is 2.72. The van der Waals surface area contributed by atoms with Crippen LogP contribution >= 0.6 is 15.9 Å². The van der Waals surface area contributed by atoms with E-state index in [9.17, 15) is 5.11 Å². The largest absolute Gasteiger partial charge is 0.506 e. The first kappa shape index (κ1) is 10.2. The molecule has 84 valence electrons. The number of pyridine rings is 2. The number of aromatic hydroxyl groups is 1. The molecule has 0 bridgehead atoms. The molecule has 17 heavy (non-hydrogen) atoms. The van der Waals surface area contributed by atoms with Gasteiger partial charge in [0, 0.05) is 22.4 Å². The molecule has 3 rings (SSSR count). The Labute approximate surface area is 105 Å². The van der Waals surface area contributed by atoms with Gasteiger partial charge >= 0.3 is 0 Å². The van der Waals surface area contributed by atoms with Crippen molar-refractivity contribution >= 4 is 27.1 Å². The normalized spacial score (nSPS) is 10.9. The Kier molecular flexibility index (Phi) is 2.29. The van der Waals surface area contributed by atoms with Crippen LogP contribution in [0.25, 0.3) is 22.6 Å². The van der Waals surface area contributed by atoms with Crippen LogP contribution in [-0.4, -0.2) is 25.0 Å². The first-order valence-corrected chi connectivity index (χ1v) is 5.67. The van der Waals surface area contributed by atoms with E-state index in [1.165, 1.54) is 6.20 Å². The third-order valence-corrected chi connectivity index (χ3v) is 2.73. The number of nitrogens with one attached hydrogen (secondary N) is 1. The molecule has 0 saturated carbocycles. The molecule has 0 fully saturated rings. The van der Waals surface area contributed by atoms with Crippen molar-refractivity contribution in [3.63, 3.8) is 0 Å². The summed E-state index contributed by atoms with van der Waals surface area (Å²) >= 11 is 3.35. The first-order valence-electron chi connectivity index (χ1n) is 4.88. The number of aromatic amines is 1. The molecule has 0 aliphatic heterocycles. The molecule has 0 amide bonds. The third-order valence-electron chi connectivity index (χ3n) is 2.30. The van der Waals surface area contributed by atoms with Gasteiger partial charge in [0.15, 0.2) is 5.65 Å². The summed E-state index contributed by atoms with van der Waals surface area (Å²) in [7, 11) is 0. The Bertz CT molecular complexity index is 695. The Hall–Kier alpha value is -1.95. The zero-order valence-electron chi connectivity index (χ0n) is 8.55. The fourth-order valence-electron chi connectivity index (χ4n) is 1.57. The monoisotopic (exact) mass is 290 g/mol. The van der Waals surface area contributed by atoms with Gasteiger partial charge in [-0.25, -0.2) is 9.97 Å². The summed E-state index contributed by atoms with van der Waals surface area (Å²) in [5, 5.41) is 9.37. The van der Waals surface area contributed by atoms with Crippen LogP contribution < -0.4 is 0 Å². The molecule has 0 radical (unpaired) electrons. The molecule has 0 saturated heterocycles. The lowest BCUT2D eigenvalue weighted by atomic mass is 10.2. The number of aromatic nitrogens is 4. The maximum atomic E-state index is 9.37. The lowest BCUT2D eigenvalue weighted by molar-refractivity contribution is 0.473. The lowest BCUT2D eigenvalue weighted by Gasteiger charge is -1.95. The fourth-order valence-corrected chi connectivity index (χ4v) is 1.90. The van der Waals surface area contributed by atoms with E-state index in [4.69, 9.17) is 0 Å². The van der Waals surface area contributed by atoms with Crippen molar-refractivity contribution in [1.29, 1.82) is 0 Å². The van der Waals surface area contributed by atoms with E-state index in [2.05, 4.69) is 35.9 Å². The summed E-state index contributed by atoms with van der Waals surface area (Å²) in [6.07, 6.45) is 4.70. The van der Waals surface area contributed by atoms with E-state index in [1.807, 2.05) is 6.07 Å². The van der Waals surface area contributed by atoms with Crippen molar-refractivity contribution in [1.82, 2.24) is 19.9 Å². The number of hydrogen-bond donors (Lipinski definition) is 2. The molecule has 5 nitrogen and oxygen atoms in total. The van der Waals surface area contributed by atoms with Crippen molar-refractivity contribution < 1.29 is 5.11 Å². The Balaban J connectivity index is 2.18. The molecule has 2 N–H and O–H groups in total. The molecule has 3 aromatic rings. The van der Waals surface area contributed by atoms with E-state index in [1.54, 1.807) is 18.5 Å². The van der Waals surface area contributed by atoms with Gasteiger partial charge < -0.3 is 10.1 Å². The molecule has 0 spiro atoms. The van der Waals surface area contributed by atoms with Gasteiger partial charge in [0.2, 0.25) is 0 Å². The number of imidazole rings is 1. The van der Waals surface area contributed by atoms with Gasteiger partial charge in [-0.1, -0.05) is 0 Å². The second kappa shape index (κ2) is 3.81. The summed E-state index contributed by atoms with van der Waals surface area (Å²) in [4.78, 5) is 15.5. The van der Waals surface area contributed by atoms with Crippen LogP contribution in [0.4, 0.5) is 0 Å². The van der Waals surface area contributed by atoms with Gasteiger partial charge in [-0.15, -0.1) is 0 Å². The minimum atomic E-state index is 0.108. The molecule has 0 aromatic carbocycles. The Morgan fingerprint density at radius 1 is 1.18 bits per heavy atom. The molecular weight excluding hydrogens is 284 g/mol. The second-order valence-electron chi connectivity index (χ2n) is 3.54. The maximum Gasteiger partial charge on any atom is 0.178 e. The van der Waals surface area contributed by atoms with Crippen LogP contribution in [0.1, 0.15) is 0 Å². The van der Waals surface area contributed by atoms with Crippen LogP contribution in [0.5, 0.6) is 5.75 Å². The van der Waals surface area contributed by atoms with Crippen molar-refractivity contribution in [2.24, 2.45) is 0 Å². The van der Waals surface area contributed by atoms with Crippen LogP contribution in [0.2, 0.25) is 0 Å². The summed E-state index contributed by atoms with van der Waals surface area (Å²) in [5.41, 5.74) is 2.18. The quantitative estimate of drug-likeness (QED) is 0.722. The topological polar surface area (TPSA) is 74.7 Å². The molecule has 0 unspecified atom stereocenters. The molecule has 6 heteroatoms. The van der Waals surface area contributed by atoms with Crippen molar-refractivity contribution in [3.05, 3.63) is 35.2 Å².